The number of likely N-dealkylation sites (tertiary alicyclic amines) is 1. The fourth-order valence-electron chi connectivity index (χ4n) is 5.03. The molecule has 4 aliphatic heterocycles. The van der Waals surface area contributed by atoms with Gasteiger partial charge in [0.05, 0.1) is 43.8 Å². The summed E-state index contributed by atoms with van der Waals surface area (Å²) in [7, 11) is 1.74. The molecule has 0 aromatic heterocycles. The summed E-state index contributed by atoms with van der Waals surface area (Å²) in [4.78, 5) is 24.5. The number of amides is 1. The number of carbonyl (C=O) groups is 1. The lowest BCUT2D eigenvalue weighted by atomic mass is 9.78. The summed E-state index contributed by atoms with van der Waals surface area (Å²) in [6.45, 7) is 6.19. The number of hydrazone groups is 1. The average molecular weight is 390 g/mol. The molecule has 1 saturated heterocycles. The van der Waals surface area contributed by atoms with E-state index in [4.69, 9.17) is 9.73 Å². The van der Waals surface area contributed by atoms with Gasteiger partial charge in [-0.1, -0.05) is 6.92 Å². The highest BCUT2D eigenvalue weighted by Crippen LogP contribution is 2.37. The first-order chi connectivity index (χ1) is 13.5. The van der Waals surface area contributed by atoms with E-state index in [1.54, 1.807) is 12.0 Å². The number of likely N-dealkylation sites (N-methyl/N-ethyl adjacent to an activating group) is 1. The second kappa shape index (κ2) is 7.91. The number of rotatable bonds is 4. The molecule has 0 aromatic carbocycles. The summed E-state index contributed by atoms with van der Waals surface area (Å²) in [6, 6.07) is 0.130. The molecule has 0 bridgehead atoms. The van der Waals surface area contributed by atoms with E-state index in [1.165, 1.54) is 0 Å². The van der Waals surface area contributed by atoms with Gasteiger partial charge in [0.25, 0.3) is 0 Å². The van der Waals surface area contributed by atoms with Gasteiger partial charge in [0.15, 0.2) is 0 Å². The van der Waals surface area contributed by atoms with Crippen molar-refractivity contribution in [1.29, 1.82) is 0 Å². The predicted octanol–water partition coefficient (Wildman–Crippen LogP) is 0.800. The molecule has 8 nitrogen and oxygen atoms in total. The zero-order chi connectivity index (χ0) is 19.8. The van der Waals surface area contributed by atoms with Crippen LogP contribution >= 0.6 is 0 Å². The molecule has 0 aromatic rings. The van der Waals surface area contributed by atoms with Crippen LogP contribution in [0, 0.1) is 17.8 Å². The van der Waals surface area contributed by atoms with E-state index in [2.05, 4.69) is 17.0 Å². The van der Waals surface area contributed by atoms with Crippen LogP contribution in [0.3, 0.4) is 0 Å². The standard InChI is InChI=1S/C20H31N5O3/c1-4-25-14(11-26)7-18(23-25)24-10-17-19(20(24)27)12(2)5-16(22-17)13-6-15(28-3)9-21-8-13/h8,12-16,19,26H,4-7,9-11H2,1-3H3. The quantitative estimate of drug-likeness (QED) is 0.770. The van der Waals surface area contributed by atoms with Gasteiger partial charge in [-0.3, -0.25) is 24.7 Å². The summed E-state index contributed by atoms with van der Waals surface area (Å²) < 4.78 is 5.50. The monoisotopic (exact) mass is 389 g/mol. The molecule has 28 heavy (non-hydrogen) atoms. The number of methoxy groups -OCH3 is 1. The third-order valence-electron chi connectivity index (χ3n) is 6.62. The first-order valence-electron chi connectivity index (χ1n) is 10.4. The average Bonchev–Trinajstić information content (AvgIpc) is 3.28. The van der Waals surface area contributed by atoms with Crippen molar-refractivity contribution in [3.8, 4) is 0 Å². The number of aliphatic imine (C=N–C) groups is 2. The molecule has 1 amide bonds. The number of hydrogen-bond donors (Lipinski definition) is 1. The van der Waals surface area contributed by atoms with E-state index in [9.17, 15) is 9.90 Å². The summed E-state index contributed by atoms with van der Waals surface area (Å²) in [6.07, 6.45) is 4.64. The molecule has 1 fully saturated rings. The van der Waals surface area contributed by atoms with Crippen LogP contribution in [0.25, 0.3) is 0 Å². The highest BCUT2D eigenvalue weighted by molar-refractivity contribution is 6.18. The van der Waals surface area contributed by atoms with Crippen LogP contribution in [0.1, 0.15) is 33.1 Å². The lowest BCUT2D eigenvalue weighted by molar-refractivity contribution is -0.128. The molecule has 6 unspecified atom stereocenters. The van der Waals surface area contributed by atoms with Gasteiger partial charge in [0.1, 0.15) is 5.84 Å². The van der Waals surface area contributed by atoms with Crippen molar-refractivity contribution in [2.45, 2.75) is 51.3 Å². The van der Waals surface area contributed by atoms with Crippen LogP contribution in [0.5, 0.6) is 0 Å². The van der Waals surface area contributed by atoms with Gasteiger partial charge in [-0.05, 0) is 25.7 Å². The summed E-state index contributed by atoms with van der Waals surface area (Å²) >= 11 is 0. The molecule has 4 heterocycles. The third kappa shape index (κ3) is 3.37. The molecule has 0 saturated carbocycles. The highest BCUT2D eigenvalue weighted by Gasteiger charge is 2.47. The largest absolute Gasteiger partial charge is 0.394 e. The van der Waals surface area contributed by atoms with E-state index >= 15 is 0 Å². The van der Waals surface area contributed by atoms with Gasteiger partial charge in [-0.15, -0.1) is 0 Å². The van der Waals surface area contributed by atoms with Crippen LogP contribution in [-0.2, 0) is 9.53 Å². The Kier molecular flexibility index (Phi) is 5.51. The molecule has 0 radical (unpaired) electrons. The maximum absolute atomic E-state index is 13.1. The SMILES string of the molecule is CCN1N=C(N2CC3=NC(C4C=NCC(OC)C4)CC(C)C3C2=O)CC1CO. The Morgan fingerprint density at radius 1 is 1.36 bits per heavy atom. The first kappa shape index (κ1) is 19.5. The zero-order valence-electron chi connectivity index (χ0n) is 17.0. The fourth-order valence-corrected chi connectivity index (χ4v) is 5.03. The van der Waals surface area contributed by atoms with E-state index in [0.717, 1.165) is 37.5 Å². The second-order valence-corrected chi connectivity index (χ2v) is 8.39. The molecule has 0 spiro atoms. The lowest BCUT2D eigenvalue weighted by Crippen LogP contribution is -2.39. The first-order valence-corrected chi connectivity index (χ1v) is 10.4. The maximum atomic E-state index is 13.1. The Balaban J connectivity index is 1.53. The van der Waals surface area contributed by atoms with Crippen LogP contribution in [0.4, 0.5) is 0 Å². The molecule has 154 valence electrons. The van der Waals surface area contributed by atoms with E-state index in [0.29, 0.717) is 13.0 Å². The van der Waals surface area contributed by atoms with Crippen LogP contribution in [0.2, 0.25) is 0 Å². The number of amidine groups is 1. The third-order valence-corrected chi connectivity index (χ3v) is 6.62. The minimum atomic E-state index is -0.138. The molecule has 6 atom stereocenters. The Morgan fingerprint density at radius 3 is 2.86 bits per heavy atom. The summed E-state index contributed by atoms with van der Waals surface area (Å²) in [5.74, 6) is 1.28. The van der Waals surface area contributed by atoms with Crippen molar-refractivity contribution in [1.82, 2.24) is 9.91 Å². The van der Waals surface area contributed by atoms with E-state index in [-0.39, 0.29) is 48.5 Å². The van der Waals surface area contributed by atoms with Gasteiger partial charge in [-0.2, -0.15) is 5.10 Å². The number of nitrogens with zero attached hydrogens (tertiary/aromatic N) is 5. The molecular weight excluding hydrogens is 358 g/mol. The molecular formula is C20H31N5O3. The zero-order valence-corrected chi connectivity index (χ0v) is 17.0. The minimum Gasteiger partial charge on any atom is -0.394 e. The van der Waals surface area contributed by atoms with Gasteiger partial charge in [-0.25, -0.2) is 0 Å². The maximum Gasteiger partial charge on any atom is 0.237 e. The van der Waals surface area contributed by atoms with E-state index < -0.39 is 0 Å². The van der Waals surface area contributed by atoms with Crippen LogP contribution in [-0.4, -0.2) is 90.2 Å². The number of ether oxygens (including phenoxy) is 1. The number of fused-ring (bicyclic) bond motifs is 1. The van der Waals surface area contributed by atoms with Crippen molar-refractivity contribution >= 4 is 23.7 Å². The second-order valence-electron chi connectivity index (χ2n) is 8.39. The molecule has 0 aliphatic carbocycles. The molecule has 8 heteroatoms. The van der Waals surface area contributed by atoms with Gasteiger partial charge in [0, 0.05) is 37.9 Å². The van der Waals surface area contributed by atoms with Gasteiger partial charge in [0.2, 0.25) is 5.91 Å². The number of hydrogen-bond acceptors (Lipinski definition) is 7. The van der Waals surface area contributed by atoms with Crippen molar-refractivity contribution in [3.05, 3.63) is 0 Å². The van der Waals surface area contributed by atoms with Crippen molar-refractivity contribution in [2.75, 3.05) is 33.4 Å². The minimum absolute atomic E-state index is 0.0352. The van der Waals surface area contributed by atoms with E-state index in [1.807, 2.05) is 18.1 Å². The Hall–Kier alpha value is -1.80. The summed E-state index contributed by atoms with van der Waals surface area (Å²) in [5.41, 5.74) is 0.986. The van der Waals surface area contributed by atoms with Gasteiger partial charge >= 0.3 is 0 Å². The normalized spacial score (nSPS) is 37.9. The topological polar surface area (TPSA) is 90.1 Å². The molecule has 1 N–H and O–H groups in total. The fraction of sp³-hybridized carbons (Fsp3) is 0.800. The smallest absolute Gasteiger partial charge is 0.237 e. The van der Waals surface area contributed by atoms with Gasteiger partial charge < -0.3 is 9.84 Å². The number of aliphatic hydroxyl groups excluding tert-OH is 1. The van der Waals surface area contributed by atoms with Crippen molar-refractivity contribution in [2.24, 2.45) is 32.8 Å². The molecule has 4 rings (SSSR count). The Labute approximate surface area is 166 Å². The lowest BCUT2D eigenvalue weighted by Gasteiger charge is -2.34. The highest BCUT2D eigenvalue weighted by atomic mass is 16.5. The Bertz CT molecular complexity index is 706. The molecule has 4 aliphatic rings. The van der Waals surface area contributed by atoms with Crippen molar-refractivity contribution < 1.29 is 14.6 Å². The Morgan fingerprint density at radius 2 is 2.18 bits per heavy atom. The predicted molar refractivity (Wildman–Crippen MR) is 108 cm³/mol. The number of carbonyl (C=O) groups excluding carboxylic acids is 1. The van der Waals surface area contributed by atoms with Crippen LogP contribution in [0.15, 0.2) is 15.1 Å². The van der Waals surface area contributed by atoms with Crippen molar-refractivity contribution in [3.63, 3.8) is 0 Å². The van der Waals surface area contributed by atoms with Crippen LogP contribution < -0.4 is 0 Å². The number of aliphatic hydroxyl groups is 1. The summed E-state index contributed by atoms with van der Waals surface area (Å²) in [5, 5.41) is 16.1.